The number of nitrogens with zero attached hydrogens (tertiary/aromatic N) is 2. The molecule has 1 heterocycles. The summed E-state index contributed by atoms with van der Waals surface area (Å²) in [5.41, 5.74) is 5.76. The normalized spacial score (nSPS) is 10.9. The van der Waals surface area contributed by atoms with Crippen LogP contribution in [0.1, 0.15) is 16.7 Å². The lowest BCUT2D eigenvalue weighted by atomic mass is 10.1. The second-order valence-electron chi connectivity index (χ2n) is 5.42. The summed E-state index contributed by atoms with van der Waals surface area (Å²) in [5.74, 6) is 1.64. The molecule has 0 saturated carbocycles. The zero-order valence-electron chi connectivity index (χ0n) is 12.9. The van der Waals surface area contributed by atoms with Crippen LogP contribution in [0.5, 0.6) is 0 Å². The Balaban J connectivity index is 2.28. The van der Waals surface area contributed by atoms with Crippen LogP contribution < -0.4 is 5.32 Å². The van der Waals surface area contributed by atoms with E-state index in [-0.39, 0.29) is 0 Å². The van der Waals surface area contributed by atoms with Gasteiger partial charge in [0.15, 0.2) is 5.82 Å². The molecule has 0 bridgehead atoms. The van der Waals surface area contributed by atoms with Gasteiger partial charge in [-0.1, -0.05) is 24.3 Å². The second kappa shape index (κ2) is 5.17. The maximum Gasteiger partial charge on any atom is 0.162 e. The highest BCUT2D eigenvalue weighted by Gasteiger charge is 2.10. The van der Waals surface area contributed by atoms with Crippen molar-refractivity contribution in [2.24, 2.45) is 0 Å². The van der Waals surface area contributed by atoms with Gasteiger partial charge in [0.25, 0.3) is 0 Å². The van der Waals surface area contributed by atoms with Crippen molar-refractivity contribution < 1.29 is 0 Å². The van der Waals surface area contributed by atoms with Crippen molar-refractivity contribution >= 4 is 16.7 Å². The molecule has 21 heavy (non-hydrogen) atoms. The number of nitrogens with one attached hydrogen (secondary N) is 1. The number of anilines is 1. The molecule has 0 saturated heterocycles. The molecule has 0 atom stereocenters. The third-order valence-electron chi connectivity index (χ3n) is 3.93. The molecule has 106 valence electrons. The van der Waals surface area contributed by atoms with Crippen molar-refractivity contribution in [2.75, 3.05) is 12.4 Å². The zero-order chi connectivity index (χ0) is 15.0. The molecular weight excluding hydrogens is 258 g/mol. The molecule has 3 aromatic rings. The van der Waals surface area contributed by atoms with E-state index in [9.17, 15) is 0 Å². The fourth-order valence-corrected chi connectivity index (χ4v) is 2.50. The van der Waals surface area contributed by atoms with E-state index in [1.165, 1.54) is 11.1 Å². The van der Waals surface area contributed by atoms with Crippen LogP contribution in [0.2, 0.25) is 0 Å². The lowest BCUT2D eigenvalue weighted by Gasteiger charge is -2.10. The summed E-state index contributed by atoms with van der Waals surface area (Å²) in [6, 6.07) is 12.5. The molecule has 2 aromatic carbocycles. The highest BCUT2D eigenvalue weighted by Crippen LogP contribution is 2.27. The van der Waals surface area contributed by atoms with Crippen molar-refractivity contribution in [1.29, 1.82) is 0 Å². The van der Waals surface area contributed by atoms with E-state index in [2.05, 4.69) is 61.4 Å². The lowest BCUT2D eigenvalue weighted by Crippen LogP contribution is -2.00. The van der Waals surface area contributed by atoms with Crippen LogP contribution in [-0.4, -0.2) is 17.0 Å². The third kappa shape index (κ3) is 2.35. The Kier molecular flexibility index (Phi) is 3.34. The number of hydrogen-bond donors (Lipinski definition) is 1. The van der Waals surface area contributed by atoms with E-state index >= 15 is 0 Å². The van der Waals surface area contributed by atoms with E-state index in [0.29, 0.717) is 0 Å². The molecule has 0 unspecified atom stereocenters. The first kappa shape index (κ1) is 13.6. The van der Waals surface area contributed by atoms with Gasteiger partial charge in [0.2, 0.25) is 0 Å². The first-order valence-corrected chi connectivity index (χ1v) is 7.13. The second-order valence-corrected chi connectivity index (χ2v) is 5.42. The minimum atomic E-state index is 0.768. The van der Waals surface area contributed by atoms with E-state index in [1.54, 1.807) is 0 Å². The molecule has 0 fully saturated rings. The predicted octanol–water partition coefficient (Wildman–Crippen LogP) is 4.26. The number of hydrogen-bond acceptors (Lipinski definition) is 3. The van der Waals surface area contributed by atoms with Crippen LogP contribution in [0.25, 0.3) is 22.3 Å². The maximum atomic E-state index is 4.77. The van der Waals surface area contributed by atoms with E-state index in [0.717, 1.165) is 33.7 Å². The Morgan fingerprint density at radius 2 is 1.67 bits per heavy atom. The summed E-state index contributed by atoms with van der Waals surface area (Å²) >= 11 is 0. The molecule has 3 nitrogen and oxygen atoms in total. The number of rotatable bonds is 2. The first-order chi connectivity index (χ1) is 10.1. The molecule has 0 aliphatic rings. The van der Waals surface area contributed by atoms with Gasteiger partial charge in [-0.15, -0.1) is 0 Å². The van der Waals surface area contributed by atoms with Gasteiger partial charge in [-0.3, -0.25) is 0 Å². The Morgan fingerprint density at radius 3 is 2.38 bits per heavy atom. The van der Waals surface area contributed by atoms with Gasteiger partial charge in [0.1, 0.15) is 5.82 Å². The highest BCUT2D eigenvalue weighted by molar-refractivity contribution is 5.92. The van der Waals surface area contributed by atoms with Gasteiger partial charge in [-0.2, -0.15) is 0 Å². The third-order valence-corrected chi connectivity index (χ3v) is 3.93. The largest absolute Gasteiger partial charge is 0.373 e. The first-order valence-electron chi connectivity index (χ1n) is 7.13. The summed E-state index contributed by atoms with van der Waals surface area (Å²) < 4.78 is 0. The molecule has 0 amide bonds. The van der Waals surface area contributed by atoms with Crippen molar-refractivity contribution in [3.05, 3.63) is 53.1 Å². The monoisotopic (exact) mass is 277 g/mol. The SMILES string of the molecule is CNc1nc(-c2ccc(C)c(C)c2)nc2c(C)cccc12. The van der Waals surface area contributed by atoms with Gasteiger partial charge in [-0.05, 0) is 49.6 Å². The summed E-state index contributed by atoms with van der Waals surface area (Å²) in [5, 5.41) is 4.24. The van der Waals surface area contributed by atoms with E-state index in [1.807, 2.05) is 13.1 Å². The molecule has 0 aliphatic heterocycles. The van der Waals surface area contributed by atoms with Crippen LogP contribution in [0, 0.1) is 20.8 Å². The van der Waals surface area contributed by atoms with Gasteiger partial charge in [-0.25, -0.2) is 9.97 Å². The molecule has 3 heteroatoms. The van der Waals surface area contributed by atoms with E-state index < -0.39 is 0 Å². The minimum absolute atomic E-state index is 0.768. The van der Waals surface area contributed by atoms with Crippen molar-refractivity contribution in [3.63, 3.8) is 0 Å². The van der Waals surface area contributed by atoms with Crippen molar-refractivity contribution in [3.8, 4) is 11.4 Å². The average Bonchev–Trinajstić information content (AvgIpc) is 2.49. The van der Waals surface area contributed by atoms with Gasteiger partial charge in [0, 0.05) is 18.0 Å². The Hall–Kier alpha value is -2.42. The summed E-state index contributed by atoms with van der Waals surface area (Å²) in [4.78, 5) is 9.45. The highest BCUT2D eigenvalue weighted by atomic mass is 15.0. The number of para-hydroxylation sites is 1. The molecule has 1 N–H and O–H groups in total. The Bertz CT molecular complexity index is 822. The lowest BCUT2D eigenvalue weighted by molar-refractivity contribution is 1.20. The van der Waals surface area contributed by atoms with Gasteiger partial charge >= 0.3 is 0 Å². The van der Waals surface area contributed by atoms with Crippen molar-refractivity contribution in [2.45, 2.75) is 20.8 Å². The van der Waals surface area contributed by atoms with Crippen LogP contribution in [0.15, 0.2) is 36.4 Å². The summed E-state index contributed by atoms with van der Waals surface area (Å²) in [6.07, 6.45) is 0. The fraction of sp³-hybridized carbons (Fsp3) is 0.222. The molecular formula is C18H19N3. The number of aromatic nitrogens is 2. The van der Waals surface area contributed by atoms with Gasteiger partial charge in [0.05, 0.1) is 5.52 Å². The summed E-state index contributed by atoms with van der Waals surface area (Å²) in [6.45, 7) is 6.31. The Morgan fingerprint density at radius 1 is 0.857 bits per heavy atom. The zero-order valence-corrected chi connectivity index (χ0v) is 12.9. The van der Waals surface area contributed by atoms with Gasteiger partial charge < -0.3 is 5.32 Å². The molecule has 1 aromatic heterocycles. The van der Waals surface area contributed by atoms with Crippen LogP contribution >= 0.6 is 0 Å². The molecule has 0 radical (unpaired) electrons. The molecule has 0 spiro atoms. The quantitative estimate of drug-likeness (QED) is 0.760. The maximum absolute atomic E-state index is 4.77. The Labute approximate surface area is 125 Å². The predicted molar refractivity (Wildman–Crippen MR) is 88.7 cm³/mol. The van der Waals surface area contributed by atoms with E-state index in [4.69, 9.17) is 4.98 Å². The van der Waals surface area contributed by atoms with Crippen LogP contribution in [-0.2, 0) is 0 Å². The number of fused-ring (bicyclic) bond motifs is 1. The topological polar surface area (TPSA) is 37.8 Å². The number of benzene rings is 2. The minimum Gasteiger partial charge on any atom is -0.373 e. The summed E-state index contributed by atoms with van der Waals surface area (Å²) in [7, 11) is 1.90. The standard InChI is InChI=1S/C18H19N3/c1-11-8-9-14(10-13(11)3)17-20-16-12(2)6-5-7-15(16)18(19-4)21-17/h5-10H,1-4H3,(H,19,20,21). The number of aryl methyl sites for hydroxylation is 3. The average molecular weight is 277 g/mol. The van der Waals surface area contributed by atoms with Crippen LogP contribution in [0.3, 0.4) is 0 Å². The molecule has 3 rings (SSSR count). The van der Waals surface area contributed by atoms with Crippen molar-refractivity contribution in [1.82, 2.24) is 9.97 Å². The smallest absolute Gasteiger partial charge is 0.162 e. The fourth-order valence-electron chi connectivity index (χ4n) is 2.50. The molecule has 0 aliphatic carbocycles. The van der Waals surface area contributed by atoms with Crippen LogP contribution in [0.4, 0.5) is 5.82 Å².